The summed E-state index contributed by atoms with van der Waals surface area (Å²) in [5.41, 5.74) is 0.857. The van der Waals surface area contributed by atoms with Crippen molar-refractivity contribution >= 4 is 23.5 Å². The molecule has 0 saturated heterocycles. The van der Waals surface area contributed by atoms with Crippen LogP contribution in [0.2, 0.25) is 0 Å². The number of hydrogen-bond acceptors (Lipinski definition) is 4. The summed E-state index contributed by atoms with van der Waals surface area (Å²) in [7, 11) is 0. The third-order valence-electron chi connectivity index (χ3n) is 4.92. The lowest BCUT2D eigenvalue weighted by Gasteiger charge is -2.22. The van der Waals surface area contributed by atoms with Crippen LogP contribution in [0.5, 0.6) is 0 Å². The average molecular weight is 344 g/mol. The third-order valence-corrected chi connectivity index (χ3v) is 4.92. The quantitative estimate of drug-likeness (QED) is 0.777. The second-order valence-corrected chi connectivity index (χ2v) is 6.78. The van der Waals surface area contributed by atoms with Gasteiger partial charge < -0.3 is 15.4 Å². The Balaban J connectivity index is 1.55. The van der Waals surface area contributed by atoms with E-state index in [4.69, 9.17) is 4.74 Å². The summed E-state index contributed by atoms with van der Waals surface area (Å²) in [5.74, 6) is -0.992. The number of carbonyl (C=O) groups excluding carboxylic acids is 3. The number of benzene rings is 1. The molecule has 25 heavy (non-hydrogen) atoms. The predicted molar refractivity (Wildman–Crippen MR) is 93.1 cm³/mol. The van der Waals surface area contributed by atoms with E-state index in [0.29, 0.717) is 11.3 Å². The van der Waals surface area contributed by atoms with E-state index in [9.17, 15) is 14.4 Å². The summed E-state index contributed by atoms with van der Waals surface area (Å²) in [6.45, 7) is -0.325. The van der Waals surface area contributed by atoms with Gasteiger partial charge in [-0.1, -0.05) is 31.4 Å². The first kappa shape index (κ1) is 17.5. The van der Waals surface area contributed by atoms with Crippen LogP contribution in [-0.2, 0) is 14.3 Å². The van der Waals surface area contributed by atoms with Crippen molar-refractivity contribution in [2.24, 2.45) is 5.92 Å². The molecule has 2 N–H and O–H groups in total. The Morgan fingerprint density at radius 1 is 1.00 bits per heavy atom. The van der Waals surface area contributed by atoms with Crippen LogP contribution in [0.4, 0.5) is 5.69 Å². The maximum atomic E-state index is 12.5. The normalized spacial score (nSPS) is 17.6. The molecule has 0 bridgehead atoms. The van der Waals surface area contributed by atoms with Gasteiger partial charge in [0.15, 0.2) is 6.61 Å². The lowest BCUT2D eigenvalue weighted by Crippen LogP contribution is -2.33. The molecule has 3 rings (SSSR count). The molecule has 6 nitrogen and oxygen atoms in total. The van der Waals surface area contributed by atoms with Gasteiger partial charge in [0.1, 0.15) is 0 Å². The van der Waals surface area contributed by atoms with Crippen LogP contribution in [-0.4, -0.2) is 30.4 Å². The van der Waals surface area contributed by atoms with E-state index >= 15 is 0 Å². The number of esters is 1. The summed E-state index contributed by atoms with van der Waals surface area (Å²) < 4.78 is 5.04. The Morgan fingerprint density at radius 2 is 1.72 bits per heavy atom. The van der Waals surface area contributed by atoms with E-state index in [-0.39, 0.29) is 30.4 Å². The highest BCUT2D eigenvalue weighted by molar-refractivity contribution is 6.04. The van der Waals surface area contributed by atoms with Crippen LogP contribution in [0.15, 0.2) is 24.3 Å². The van der Waals surface area contributed by atoms with E-state index in [0.717, 1.165) is 44.9 Å². The highest BCUT2D eigenvalue weighted by atomic mass is 16.5. The zero-order valence-corrected chi connectivity index (χ0v) is 14.3. The first-order chi connectivity index (χ1) is 12.1. The molecule has 2 aliphatic rings. The SMILES string of the molecule is O=C(COC(=O)C1CCC1)Nc1ccccc1C(=O)NC1CCCC1. The highest BCUT2D eigenvalue weighted by Gasteiger charge is 2.27. The third kappa shape index (κ3) is 4.59. The van der Waals surface area contributed by atoms with Crippen molar-refractivity contribution < 1.29 is 19.1 Å². The fraction of sp³-hybridized carbons (Fsp3) is 0.526. The zero-order valence-electron chi connectivity index (χ0n) is 14.3. The standard InChI is InChI=1S/C19H24N2O4/c22-17(12-25-19(24)13-6-5-7-13)21-16-11-4-3-10-15(16)18(23)20-14-8-1-2-9-14/h3-4,10-11,13-14H,1-2,5-9,12H2,(H,20,23)(H,21,22). The molecule has 6 heteroatoms. The minimum atomic E-state index is -0.436. The summed E-state index contributed by atoms with van der Waals surface area (Å²) in [4.78, 5) is 36.2. The fourth-order valence-corrected chi connectivity index (χ4v) is 3.21. The molecule has 0 unspecified atom stereocenters. The second kappa shape index (κ2) is 8.14. The van der Waals surface area contributed by atoms with Crippen LogP contribution >= 0.6 is 0 Å². The summed E-state index contributed by atoms with van der Waals surface area (Å²) in [6, 6.07) is 7.08. The molecular weight excluding hydrogens is 320 g/mol. The van der Waals surface area contributed by atoms with Crippen molar-refractivity contribution in [1.29, 1.82) is 0 Å². The van der Waals surface area contributed by atoms with Crippen molar-refractivity contribution in [3.05, 3.63) is 29.8 Å². The van der Waals surface area contributed by atoms with Crippen molar-refractivity contribution in [3.8, 4) is 0 Å². The summed E-state index contributed by atoms with van der Waals surface area (Å²) in [5, 5.41) is 5.68. The maximum absolute atomic E-state index is 12.5. The Hall–Kier alpha value is -2.37. The number of ether oxygens (including phenoxy) is 1. The second-order valence-electron chi connectivity index (χ2n) is 6.78. The first-order valence-electron chi connectivity index (χ1n) is 9.00. The lowest BCUT2D eigenvalue weighted by atomic mass is 9.86. The minimum Gasteiger partial charge on any atom is -0.455 e. The summed E-state index contributed by atoms with van der Waals surface area (Å²) >= 11 is 0. The van der Waals surface area contributed by atoms with Gasteiger partial charge >= 0.3 is 5.97 Å². The van der Waals surface area contributed by atoms with Crippen molar-refractivity contribution in [2.45, 2.75) is 51.0 Å². The number of hydrogen-bond donors (Lipinski definition) is 2. The Morgan fingerprint density at radius 3 is 2.40 bits per heavy atom. The van der Waals surface area contributed by atoms with Gasteiger partial charge in [-0.15, -0.1) is 0 Å². The number of para-hydroxylation sites is 1. The molecule has 1 aromatic carbocycles. The van der Waals surface area contributed by atoms with E-state index in [2.05, 4.69) is 10.6 Å². The van der Waals surface area contributed by atoms with Crippen molar-refractivity contribution in [3.63, 3.8) is 0 Å². The topological polar surface area (TPSA) is 84.5 Å². The van der Waals surface area contributed by atoms with Gasteiger partial charge in [0.05, 0.1) is 17.2 Å². The fourth-order valence-electron chi connectivity index (χ4n) is 3.21. The number of rotatable bonds is 6. The van der Waals surface area contributed by atoms with Crippen LogP contribution < -0.4 is 10.6 Å². The molecule has 2 aliphatic carbocycles. The predicted octanol–water partition coefficient (Wildman–Crippen LogP) is 2.64. The number of amides is 2. The van der Waals surface area contributed by atoms with Crippen molar-refractivity contribution in [1.82, 2.24) is 5.32 Å². The van der Waals surface area contributed by atoms with E-state index in [1.54, 1.807) is 24.3 Å². The Bertz CT molecular complexity index is 649. The molecular formula is C19H24N2O4. The molecule has 134 valence electrons. The molecule has 2 amide bonds. The molecule has 0 aliphatic heterocycles. The van der Waals surface area contributed by atoms with Crippen molar-refractivity contribution in [2.75, 3.05) is 11.9 Å². The molecule has 0 aromatic heterocycles. The van der Waals surface area contributed by atoms with E-state index < -0.39 is 5.91 Å². The minimum absolute atomic E-state index is 0.0581. The lowest BCUT2D eigenvalue weighted by molar-refractivity contribution is -0.154. The zero-order chi connectivity index (χ0) is 17.6. The maximum Gasteiger partial charge on any atom is 0.309 e. The number of nitrogens with one attached hydrogen (secondary N) is 2. The molecule has 1 aromatic rings. The molecule has 2 saturated carbocycles. The van der Waals surface area contributed by atoms with Crippen LogP contribution in [0.1, 0.15) is 55.3 Å². The molecule has 0 radical (unpaired) electrons. The van der Waals surface area contributed by atoms with E-state index in [1.165, 1.54) is 0 Å². The van der Waals surface area contributed by atoms with Crippen LogP contribution in [0, 0.1) is 5.92 Å². The number of carbonyl (C=O) groups is 3. The first-order valence-corrected chi connectivity index (χ1v) is 9.00. The van der Waals surface area contributed by atoms with Gasteiger partial charge in [-0.3, -0.25) is 14.4 Å². The van der Waals surface area contributed by atoms with Gasteiger partial charge in [-0.25, -0.2) is 0 Å². The van der Waals surface area contributed by atoms with Crippen LogP contribution in [0.25, 0.3) is 0 Å². The Kier molecular flexibility index (Phi) is 5.68. The van der Waals surface area contributed by atoms with Gasteiger partial charge in [-0.05, 0) is 37.8 Å². The monoisotopic (exact) mass is 344 g/mol. The van der Waals surface area contributed by atoms with Gasteiger partial charge in [-0.2, -0.15) is 0 Å². The Labute approximate surface area is 147 Å². The van der Waals surface area contributed by atoms with E-state index in [1.807, 2.05) is 0 Å². The number of anilines is 1. The molecule has 0 spiro atoms. The van der Waals surface area contributed by atoms with Gasteiger partial charge in [0.25, 0.3) is 11.8 Å². The molecule has 2 fully saturated rings. The molecule has 0 heterocycles. The van der Waals surface area contributed by atoms with Gasteiger partial charge in [0.2, 0.25) is 0 Å². The average Bonchev–Trinajstić information content (AvgIpc) is 3.04. The smallest absolute Gasteiger partial charge is 0.309 e. The van der Waals surface area contributed by atoms with Gasteiger partial charge in [0, 0.05) is 6.04 Å². The molecule has 0 atom stereocenters. The highest BCUT2D eigenvalue weighted by Crippen LogP contribution is 2.27. The largest absolute Gasteiger partial charge is 0.455 e. The van der Waals surface area contributed by atoms with Crippen LogP contribution in [0.3, 0.4) is 0 Å². The summed E-state index contributed by atoms with van der Waals surface area (Å²) in [6.07, 6.45) is 6.98.